The number of hydrogen-bond acceptors (Lipinski definition) is 3. The van der Waals surface area contributed by atoms with E-state index in [-0.39, 0.29) is 6.17 Å². The summed E-state index contributed by atoms with van der Waals surface area (Å²) in [7, 11) is 4.41. The SMILES string of the molecule is CC1CCC(c2ccc(-c3ccc4ccc(-c5ccc(C6Nc7ccccc7N6C)cc5)cc4c3)cc2)N(C)c2ccccc21. The van der Waals surface area contributed by atoms with Crippen LogP contribution in [-0.2, 0) is 0 Å². The molecule has 3 heteroatoms. The van der Waals surface area contributed by atoms with Crippen molar-refractivity contribution in [3.63, 3.8) is 0 Å². The molecule has 8 rings (SSSR count). The van der Waals surface area contributed by atoms with Gasteiger partial charge in [0, 0.05) is 19.8 Å². The second-order valence-corrected chi connectivity index (χ2v) is 12.9. The minimum atomic E-state index is 0.143. The standard InChI is InChI=1S/C42H39N3/c1-28-12-25-39(44(2)40-10-6-4-8-37(28)40)32-19-13-29(14-20-32)34-23-17-31-18-24-35(27-36(31)26-34)30-15-21-33(22-16-30)42-43-38-9-5-7-11-41(38)45(42)3/h4-11,13-24,26-28,39,42-43H,12,25H2,1-3H3. The lowest BCUT2D eigenvalue weighted by atomic mass is 9.93. The molecule has 0 aromatic heterocycles. The van der Waals surface area contributed by atoms with Crippen molar-refractivity contribution in [3.05, 3.63) is 150 Å². The van der Waals surface area contributed by atoms with Gasteiger partial charge in [-0.2, -0.15) is 0 Å². The number of rotatable bonds is 4. The second kappa shape index (κ2) is 11.2. The van der Waals surface area contributed by atoms with E-state index in [9.17, 15) is 0 Å². The van der Waals surface area contributed by atoms with Crippen LogP contribution in [0, 0.1) is 0 Å². The van der Waals surface area contributed by atoms with E-state index in [2.05, 4.69) is 170 Å². The van der Waals surface area contributed by atoms with Gasteiger partial charge in [0.2, 0.25) is 0 Å². The molecule has 45 heavy (non-hydrogen) atoms. The van der Waals surface area contributed by atoms with Crippen molar-refractivity contribution < 1.29 is 0 Å². The number of nitrogens with zero attached hydrogens (tertiary/aromatic N) is 2. The summed E-state index contributed by atoms with van der Waals surface area (Å²) in [6, 6.07) is 49.8. The number of para-hydroxylation sites is 3. The van der Waals surface area contributed by atoms with Gasteiger partial charge in [-0.1, -0.05) is 110 Å². The van der Waals surface area contributed by atoms with Crippen molar-refractivity contribution in [2.45, 2.75) is 37.9 Å². The molecule has 6 aromatic carbocycles. The minimum Gasteiger partial charge on any atom is -0.367 e. The summed E-state index contributed by atoms with van der Waals surface area (Å²) in [6.45, 7) is 2.37. The summed E-state index contributed by atoms with van der Waals surface area (Å²) < 4.78 is 0. The molecule has 0 spiro atoms. The minimum absolute atomic E-state index is 0.143. The molecule has 2 aliphatic heterocycles. The molecule has 0 radical (unpaired) electrons. The number of fused-ring (bicyclic) bond motifs is 3. The second-order valence-electron chi connectivity index (χ2n) is 12.9. The molecule has 2 aliphatic rings. The molecule has 0 bridgehead atoms. The third-order valence-electron chi connectivity index (χ3n) is 10.2. The summed E-state index contributed by atoms with van der Waals surface area (Å²) in [5, 5.41) is 6.19. The molecular weight excluding hydrogens is 546 g/mol. The molecule has 222 valence electrons. The quantitative estimate of drug-likeness (QED) is 0.222. The molecule has 3 unspecified atom stereocenters. The summed E-state index contributed by atoms with van der Waals surface area (Å²) >= 11 is 0. The van der Waals surface area contributed by atoms with Crippen LogP contribution in [0.15, 0.2) is 133 Å². The zero-order valence-corrected chi connectivity index (χ0v) is 26.2. The van der Waals surface area contributed by atoms with Gasteiger partial charge in [-0.25, -0.2) is 0 Å². The largest absolute Gasteiger partial charge is 0.367 e. The number of nitrogens with one attached hydrogen (secondary N) is 1. The van der Waals surface area contributed by atoms with E-state index in [1.807, 2.05) is 0 Å². The molecule has 0 amide bonds. The molecule has 2 heterocycles. The van der Waals surface area contributed by atoms with Crippen molar-refractivity contribution in [2.75, 3.05) is 29.2 Å². The molecule has 3 atom stereocenters. The summed E-state index contributed by atoms with van der Waals surface area (Å²) in [6.07, 6.45) is 2.50. The maximum absolute atomic E-state index is 3.66. The molecule has 0 saturated heterocycles. The monoisotopic (exact) mass is 585 g/mol. The first-order valence-corrected chi connectivity index (χ1v) is 16.2. The van der Waals surface area contributed by atoms with Gasteiger partial charge in [-0.05, 0) is 98.8 Å². The normalized spacial score (nSPS) is 19.1. The molecule has 3 nitrogen and oxygen atoms in total. The smallest absolute Gasteiger partial charge is 0.125 e. The van der Waals surface area contributed by atoms with Gasteiger partial charge in [0.15, 0.2) is 0 Å². The van der Waals surface area contributed by atoms with Crippen molar-refractivity contribution in [1.29, 1.82) is 0 Å². The summed E-state index contributed by atoms with van der Waals surface area (Å²) in [5.74, 6) is 0.581. The zero-order valence-electron chi connectivity index (χ0n) is 26.2. The highest BCUT2D eigenvalue weighted by molar-refractivity contribution is 5.91. The van der Waals surface area contributed by atoms with E-state index in [1.54, 1.807) is 0 Å². The highest BCUT2D eigenvalue weighted by Gasteiger charge is 2.27. The Hall–Kier alpha value is -5.02. The topological polar surface area (TPSA) is 18.5 Å². The van der Waals surface area contributed by atoms with Crippen molar-refractivity contribution in [3.8, 4) is 22.3 Å². The van der Waals surface area contributed by atoms with Crippen LogP contribution in [0.1, 0.15) is 54.6 Å². The molecule has 6 aromatic rings. The average molecular weight is 586 g/mol. The molecule has 0 aliphatic carbocycles. The van der Waals surface area contributed by atoms with Gasteiger partial charge < -0.3 is 15.1 Å². The van der Waals surface area contributed by atoms with Crippen LogP contribution in [0.25, 0.3) is 33.0 Å². The Morgan fingerprint density at radius 2 is 1.11 bits per heavy atom. The maximum Gasteiger partial charge on any atom is 0.125 e. The lowest BCUT2D eigenvalue weighted by Gasteiger charge is -2.30. The summed E-state index contributed by atoms with van der Waals surface area (Å²) in [4.78, 5) is 4.79. The Balaban J connectivity index is 1.03. The highest BCUT2D eigenvalue weighted by atomic mass is 15.3. The van der Waals surface area contributed by atoms with Gasteiger partial charge in [0.05, 0.1) is 17.4 Å². The average Bonchev–Trinajstić information content (AvgIpc) is 3.37. The van der Waals surface area contributed by atoms with Gasteiger partial charge in [-0.3, -0.25) is 0 Å². The predicted molar refractivity (Wildman–Crippen MR) is 191 cm³/mol. The maximum atomic E-state index is 3.66. The molecular formula is C42H39N3. The van der Waals surface area contributed by atoms with Crippen molar-refractivity contribution >= 4 is 27.8 Å². The fourth-order valence-corrected chi connectivity index (χ4v) is 7.50. The zero-order chi connectivity index (χ0) is 30.5. The van der Waals surface area contributed by atoms with E-state index >= 15 is 0 Å². The van der Waals surface area contributed by atoms with Gasteiger partial charge >= 0.3 is 0 Å². The van der Waals surface area contributed by atoms with Crippen LogP contribution in [0.4, 0.5) is 17.1 Å². The van der Waals surface area contributed by atoms with Crippen LogP contribution in [0.5, 0.6) is 0 Å². The third-order valence-corrected chi connectivity index (χ3v) is 10.2. The Labute approximate surface area is 266 Å². The number of hydrogen-bond donors (Lipinski definition) is 1. The number of anilines is 3. The Bertz CT molecular complexity index is 1990. The fraction of sp³-hybridized carbons (Fsp3) is 0.190. The van der Waals surface area contributed by atoms with Gasteiger partial charge in [-0.15, -0.1) is 0 Å². The lowest BCUT2D eigenvalue weighted by molar-refractivity contribution is 0.565. The van der Waals surface area contributed by atoms with E-state index in [0.29, 0.717) is 12.0 Å². The van der Waals surface area contributed by atoms with Crippen LogP contribution < -0.4 is 15.1 Å². The van der Waals surface area contributed by atoms with Crippen LogP contribution >= 0.6 is 0 Å². The molecule has 0 saturated carbocycles. The Morgan fingerprint density at radius 3 is 1.78 bits per heavy atom. The Morgan fingerprint density at radius 1 is 0.533 bits per heavy atom. The fourth-order valence-electron chi connectivity index (χ4n) is 7.50. The Kier molecular flexibility index (Phi) is 6.83. The highest BCUT2D eigenvalue weighted by Crippen LogP contribution is 2.42. The molecule has 0 fully saturated rings. The van der Waals surface area contributed by atoms with Crippen molar-refractivity contribution in [2.24, 2.45) is 0 Å². The number of benzene rings is 6. The van der Waals surface area contributed by atoms with E-state index in [0.717, 1.165) is 6.42 Å². The first kappa shape index (κ1) is 27.5. The third kappa shape index (κ3) is 4.93. The van der Waals surface area contributed by atoms with E-state index in [1.165, 1.54) is 73.2 Å². The van der Waals surface area contributed by atoms with Crippen molar-refractivity contribution in [1.82, 2.24) is 0 Å². The first-order chi connectivity index (χ1) is 22.0. The van der Waals surface area contributed by atoms with Crippen LogP contribution in [0.3, 0.4) is 0 Å². The lowest BCUT2D eigenvalue weighted by Crippen LogP contribution is -2.23. The predicted octanol–water partition coefficient (Wildman–Crippen LogP) is 10.8. The van der Waals surface area contributed by atoms with Crippen LogP contribution in [-0.4, -0.2) is 14.1 Å². The van der Waals surface area contributed by atoms with Crippen LogP contribution in [0.2, 0.25) is 0 Å². The van der Waals surface area contributed by atoms with E-state index < -0.39 is 0 Å². The van der Waals surface area contributed by atoms with E-state index in [4.69, 9.17) is 0 Å². The molecule has 1 N–H and O–H groups in total. The van der Waals surface area contributed by atoms with Gasteiger partial charge in [0.1, 0.15) is 6.17 Å². The van der Waals surface area contributed by atoms with Gasteiger partial charge in [0.25, 0.3) is 0 Å². The summed E-state index contributed by atoms with van der Waals surface area (Å²) in [5.41, 5.74) is 12.9. The first-order valence-electron chi connectivity index (χ1n) is 16.2.